The maximum Gasteiger partial charge on any atom is 0.274 e. The maximum atomic E-state index is 14.7. The summed E-state index contributed by atoms with van der Waals surface area (Å²) < 4.78 is 0. The number of thioether (sulfide) groups is 4. The molecular formula is C48H56N10O12S6. The molecule has 6 atom stereocenters. The van der Waals surface area contributed by atoms with Crippen molar-refractivity contribution in [1.82, 2.24) is 50.8 Å². The predicted molar refractivity (Wildman–Crippen MR) is 298 cm³/mol. The first-order valence-corrected chi connectivity index (χ1v) is 30.5. The number of amides is 8. The summed E-state index contributed by atoms with van der Waals surface area (Å²) in [5.74, 6) is -8.66. The van der Waals surface area contributed by atoms with Gasteiger partial charge in [0.1, 0.15) is 47.8 Å². The molecule has 0 spiro atoms. The lowest BCUT2D eigenvalue weighted by molar-refractivity contribution is -0.144. The highest BCUT2D eigenvalue weighted by atomic mass is 33.1. The van der Waals surface area contributed by atoms with Gasteiger partial charge in [-0.2, -0.15) is 23.5 Å². The summed E-state index contributed by atoms with van der Waals surface area (Å²) in [6, 6.07) is 8.07. The highest BCUT2D eigenvalue weighted by Gasteiger charge is 2.39. The Labute approximate surface area is 462 Å². The molecule has 6 N–H and O–H groups in total. The third kappa shape index (κ3) is 14.5. The van der Waals surface area contributed by atoms with Crippen LogP contribution >= 0.6 is 68.6 Å². The van der Waals surface area contributed by atoms with E-state index in [-0.39, 0.29) is 23.0 Å². The number of aromatic nitrogens is 2. The minimum atomic E-state index is -1.53. The van der Waals surface area contributed by atoms with Gasteiger partial charge < -0.3 is 51.1 Å². The molecule has 22 nitrogen and oxygen atoms in total. The van der Waals surface area contributed by atoms with E-state index in [0.29, 0.717) is 45.3 Å². The van der Waals surface area contributed by atoms with Crippen molar-refractivity contribution >= 4 is 148 Å². The zero-order chi connectivity index (χ0) is 55.4. The van der Waals surface area contributed by atoms with Gasteiger partial charge in [0.05, 0.1) is 24.1 Å². The average molecular weight is 1160 g/mol. The molecule has 0 saturated carbocycles. The Kier molecular flexibility index (Phi) is 21.4. The number of hydrogen-bond donors (Lipinski definition) is 6. The lowest BCUT2D eigenvalue weighted by Gasteiger charge is -2.35. The molecular weight excluding hydrogens is 1100 g/mol. The summed E-state index contributed by atoms with van der Waals surface area (Å²) >= 11 is 3.71. The second-order valence-corrected chi connectivity index (χ2v) is 23.7. The molecule has 2 aliphatic rings. The van der Waals surface area contributed by atoms with Gasteiger partial charge >= 0.3 is 0 Å². The van der Waals surface area contributed by atoms with Crippen LogP contribution in [0.1, 0.15) is 21.0 Å². The van der Waals surface area contributed by atoms with Crippen molar-refractivity contribution in [3.8, 4) is 11.5 Å². The molecule has 2 fully saturated rings. The predicted octanol–water partition coefficient (Wildman–Crippen LogP) is 1.29. The number of carbonyl (C=O) groups is 10. The Morgan fingerprint density at radius 2 is 0.961 bits per heavy atom. The van der Waals surface area contributed by atoms with Crippen molar-refractivity contribution < 1.29 is 58.2 Å². The van der Waals surface area contributed by atoms with Crippen LogP contribution < -0.4 is 21.3 Å². The summed E-state index contributed by atoms with van der Waals surface area (Å²) in [4.78, 5) is 155. The largest absolute Gasteiger partial charge is 0.505 e. The molecule has 2 aliphatic heterocycles. The quantitative estimate of drug-likeness (QED) is 0.136. The van der Waals surface area contributed by atoms with Crippen molar-refractivity contribution in [2.45, 2.75) is 36.3 Å². The van der Waals surface area contributed by atoms with Crippen LogP contribution in [0.4, 0.5) is 0 Å². The molecule has 2 aromatic carbocycles. The van der Waals surface area contributed by atoms with E-state index in [0.717, 1.165) is 31.4 Å². The van der Waals surface area contributed by atoms with Gasteiger partial charge in [0.15, 0.2) is 11.4 Å². The number of para-hydroxylation sites is 2. The van der Waals surface area contributed by atoms with Crippen LogP contribution in [0.25, 0.3) is 21.8 Å². The Hall–Kier alpha value is -5.94. The van der Waals surface area contributed by atoms with Crippen LogP contribution in [-0.4, -0.2) is 222 Å². The number of aromatic hydroxyl groups is 2. The van der Waals surface area contributed by atoms with E-state index in [9.17, 15) is 58.2 Å². The third-order valence-electron chi connectivity index (χ3n) is 12.3. The van der Waals surface area contributed by atoms with E-state index < -0.39 is 141 Å². The molecule has 8 amide bonds. The Morgan fingerprint density at radius 3 is 1.33 bits per heavy atom. The fourth-order valence-electron chi connectivity index (χ4n) is 7.75. The molecule has 406 valence electrons. The topological polar surface area (TPSA) is 298 Å². The summed E-state index contributed by atoms with van der Waals surface area (Å²) in [6.45, 7) is -1.39. The van der Waals surface area contributed by atoms with Crippen molar-refractivity contribution in [2.24, 2.45) is 0 Å². The SMILES string of the molecule is CSC[C@H]1C(=O)SC[C@@H](NC(=O)c2nc3ccccc3cc2O)C(=O)NCC(=O)N(C)[C@H]2CSSCC(C(=O)N1C)N(C)C(=O)CNC(=O)[C@H](NC(=O)c1nc3ccccc3cc1O)CSC(=O)[C@H](CSC)N(C)C2=O. The van der Waals surface area contributed by atoms with Gasteiger partial charge in [0, 0.05) is 73.5 Å². The summed E-state index contributed by atoms with van der Waals surface area (Å²) in [6.07, 6.45) is 3.42. The highest BCUT2D eigenvalue weighted by Crippen LogP contribution is 2.30. The fraction of sp³-hybridized carbons (Fsp3) is 0.417. The first-order valence-electron chi connectivity index (χ1n) is 23.2. The Morgan fingerprint density at radius 1 is 0.592 bits per heavy atom. The van der Waals surface area contributed by atoms with Gasteiger partial charge in [-0.25, -0.2) is 9.97 Å². The zero-order valence-corrected chi connectivity index (χ0v) is 46.9. The van der Waals surface area contributed by atoms with Gasteiger partial charge in [-0.15, -0.1) is 0 Å². The van der Waals surface area contributed by atoms with E-state index in [2.05, 4.69) is 31.2 Å². The molecule has 6 rings (SSSR count). The smallest absolute Gasteiger partial charge is 0.274 e. The number of nitrogens with zero attached hydrogens (tertiary/aromatic N) is 6. The van der Waals surface area contributed by atoms with E-state index in [1.807, 2.05) is 0 Å². The zero-order valence-electron chi connectivity index (χ0n) is 42.0. The van der Waals surface area contributed by atoms with E-state index in [1.165, 1.54) is 73.6 Å². The first kappa shape index (κ1) is 59.3. The van der Waals surface area contributed by atoms with Crippen LogP contribution in [0.2, 0.25) is 0 Å². The number of carbonyl (C=O) groups excluding carboxylic acids is 10. The number of nitrogens with one attached hydrogen (secondary N) is 4. The minimum Gasteiger partial charge on any atom is -0.505 e. The lowest BCUT2D eigenvalue weighted by Crippen LogP contribution is -2.57. The number of pyridine rings is 2. The number of fused-ring (bicyclic) bond motifs is 7. The molecule has 28 heteroatoms. The minimum absolute atomic E-state index is 0.0598. The first-order chi connectivity index (χ1) is 36.2. The van der Waals surface area contributed by atoms with Crippen LogP contribution in [0.5, 0.6) is 11.5 Å². The van der Waals surface area contributed by atoms with E-state index in [1.54, 1.807) is 61.0 Å². The second kappa shape index (κ2) is 27.4. The third-order valence-corrected chi connectivity index (χ3v) is 18.1. The summed E-state index contributed by atoms with van der Waals surface area (Å²) in [7, 11) is 7.60. The maximum absolute atomic E-state index is 14.7. The Balaban J connectivity index is 1.36. The number of hydrogen-bond acceptors (Lipinski definition) is 20. The van der Waals surface area contributed by atoms with Gasteiger partial charge in [0.2, 0.25) is 45.7 Å². The standard InChI is InChI=1S/C48H56N10O12S6/c1-55-31-23-75-76-24-32(46(68)58(4)34(22-72-6)48(70)74-19-29(41(63)49-17-37(55)61)53-43(65)39-35(59)15-25-11-7-9-13-27(25)51-39)56(2)38(62)18-50-42(64)30(20-73-47(69)33(21-71-5)57(3)45(31)67)54-44(66)40-36(60)16-26-12-8-10-14-28(26)52-40/h7-16,29-34,59-60H,17-24H2,1-6H3,(H,49,63)(H,50,64)(H,53,65)(H,54,66)/t29-,30-,31+,32?,33+,34+/m1/s1. The molecule has 1 unspecified atom stereocenters. The summed E-state index contributed by atoms with van der Waals surface area (Å²) in [5.41, 5.74) is -0.102. The monoisotopic (exact) mass is 1160 g/mol. The van der Waals surface area contributed by atoms with E-state index in [4.69, 9.17) is 0 Å². The van der Waals surface area contributed by atoms with Crippen LogP contribution in [0.3, 0.4) is 0 Å². The van der Waals surface area contributed by atoms with Crippen LogP contribution in [0.15, 0.2) is 60.7 Å². The molecule has 76 heavy (non-hydrogen) atoms. The summed E-state index contributed by atoms with van der Waals surface area (Å²) in [5, 5.41) is 31.6. The Bertz CT molecular complexity index is 2710. The molecule has 0 radical (unpaired) electrons. The normalized spacial score (nSPS) is 22.8. The molecule has 0 aliphatic carbocycles. The number of rotatable bonds is 8. The fourth-order valence-corrected chi connectivity index (χ4v) is 13.9. The number of benzene rings is 2. The van der Waals surface area contributed by atoms with Crippen LogP contribution in [-0.2, 0) is 38.4 Å². The van der Waals surface area contributed by atoms with Crippen molar-refractivity contribution in [2.75, 3.05) is 88.3 Å². The second-order valence-electron chi connectivity index (χ2n) is 17.3. The average Bonchev–Trinajstić information content (AvgIpc) is 3.41. The molecule has 2 bridgehead atoms. The van der Waals surface area contributed by atoms with Gasteiger partial charge in [-0.3, -0.25) is 47.9 Å². The van der Waals surface area contributed by atoms with Crippen molar-refractivity contribution in [1.29, 1.82) is 0 Å². The highest BCUT2D eigenvalue weighted by molar-refractivity contribution is 8.76. The molecule has 4 aromatic rings. The van der Waals surface area contributed by atoms with Gasteiger partial charge in [0.25, 0.3) is 11.8 Å². The molecule has 4 heterocycles. The lowest BCUT2D eigenvalue weighted by atomic mass is 10.1. The van der Waals surface area contributed by atoms with E-state index >= 15 is 0 Å². The van der Waals surface area contributed by atoms with Gasteiger partial charge in [-0.05, 0) is 36.8 Å². The van der Waals surface area contributed by atoms with Gasteiger partial charge in [-0.1, -0.05) is 81.5 Å². The van der Waals surface area contributed by atoms with Crippen molar-refractivity contribution in [3.05, 3.63) is 72.1 Å². The molecule has 2 saturated heterocycles. The molecule has 2 aromatic heterocycles. The van der Waals surface area contributed by atoms with Crippen molar-refractivity contribution in [3.63, 3.8) is 0 Å². The number of likely N-dealkylation sites (N-methyl/N-ethyl adjacent to an activating group) is 4. The van der Waals surface area contributed by atoms with Crippen LogP contribution in [0, 0.1) is 0 Å².